The van der Waals surface area contributed by atoms with E-state index >= 15 is 0 Å². The summed E-state index contributed by atoms with van der Waals surface area (Å²) in [5.74, 6) is 0.394. The van der Waals surface area contributed by atoms with E-state index in [4.69, 9.17) is 0 Å². The van der Waals surface area contributed by atoms with Crippen LogP contribution in [0.25, 0.3) is 0 Å². The quantitative estimate of drug-likeness (QED) is 0.400. The van der Waals surface area contributed by atoms with Gasteiger partial charge in [0.15, 0.2) is 0 Å². The highest BCUT2D eigenvalue weighted by Gasteiger charge is 2.30. The third kappa shape index (κ3) is 8.11. The van der Waals surface area contributed by atoms with Crippen LogP contribution in [-0.2, 0) is 6.18 Å². The summed E-state index contributed by atoms with van der Waals surface area (Å²) in [7, 11) is 0. The smallest absolute Gasteiger partial charge is 0.371 e. The number of nitrogens with one attached hydrogen (secondary N) is 3. The lowest BCUT2D eigenvalue weighted by Gasteiger charge is -2.33. The minimum absolute atomic E-state index is 0.0146. The Morgan fingerprint density at radius 2 is 1.65 bits per heavy atom. The fourth-order valence-electron chi connectivity index (χ4n) is 4.35. The lowest BCUT2D eigenvalue weighted by molar-refractivity contribution is -0.137. The number of anilines is 3. The number of rotatable bonds is 9. The van der Waals surface area contributed by atoms with Crippen molar-refractivity contribution in [2.45, 2.75) is 39.8 Å². The fraction of sp³-hybridized carbons (Fsp3) is 0.481. The molecule has 3 amide bonds. The molecule has 37 heavy (non-hydrogen) atoms. The van der Waals surface area contributed by atoms with Gasteiger partial charge in [-0.3, -0.25) is 4.79 Å². The maximum Gasteiger partial charge on any atom is 0.416 e. The van der Waals surface area contributed by atoms with Crippen molar-refractivity contribution in [3.05, 3.63) is 53.6 Å². The molecule has 0 bridgehead atoms. The number of halogens is 3. The Labute approximate surface area is 216 Å². The molecule has 3 N–H and O–H groups in total. The Bertz CT molecular complexity index is 1060. The molecular weight excluding hydrogens is 483 g/mol. The molecule has 0 atom stereocenters. The molecular formula is C27H36F3N5O2. The normalized spacial score (nSPS) is 14.5. The number of amides is 3. The van der Waals surface area contributed by atoms with Crippen molar-refractivity contribution in [2.24, 2.45) is 5.92 Å². The van der Waals surface area contributed by atoms with Crippen LogP contribution in [0, 0.1) is 5.92 Å². The van der Waals surface area contributed by atoms with E-state index in [1.165, 1.54) is 12.1 Å². The van der Waals surface area contributed by atoms with Gasteiger partial charge in [-0.2, -0.15) is 13.2 Å². The summed E-state index contributed by atoms with van der Waals surface area (Å²) in [6, 6.07) is 8.85. The van der Waals surface area contributed by atoms with E-state index in [1.807, 2.05) is 6.07 Å². The van der Waals surface area contributed by atoms with Gasteiger partial charge in [-0.05, 0) is 68.2 Å². The Morgan fingerprint density at radius 1 is 1.00 bits per heavy atom. The number of hydrogen-bond acceptors (Lipinski definition) is 4. The zero-order chi connectivity index (χ0) is 27.0. The molecule has 202 valence electrons. The zero-order valence-electron chi connectivity index (χ0n) is 21.6. The highest BCUT2D eigenvalue weighted by Crippen LogP contribution is 2.31. The summed E-state index contributed by atoms with van der Waals surface area (Å²) < 4.78 is 39.0. The van der Waals surface area contributed by atoms with E-state index in [2.05, 4.69) is 46.5 Å². The number of urea groups is 1. The molecule has 0 saturated carbocycles. The third-order valence-electron chi connectivity index (χ3n) is 6.68. The van der Waals surface area contributed by atoms with Crippen LogP contribution in [0.2, 0.25) is 0 Å². The lowest BCUT2D eigenvalue weighted by atomic mass is 9.98. The van der Waals surface area contributed by atoms with Crippen LogP contribution < -0.4 is 20.9 Å². The number of nitrogens with zero attached hydrogens (tertiary/aromatic N) is 2. The first-order valence-corrected chi connectivity index (χ1v) is 12.8. The van der Waals surface area contributed by atoms with Crippen LogP contribution in [0.3, 0.4) is 0 Å². The van der Waals surface area contributed by atoms with Crippen molar-refractivity contribution in [2.75, 3.05) is 54.8 Å². The predicted molar refractivity (Wildman–Crippen MR) is 141 cm³/mol. The largest absolute Gasteiger partial charge is 0.416 e. The van der Waals surface area contributed by atoms with E-state index in [-0.39, 0.29) is 11.6 Å². The van der Waals surface area contributed by atoms with Gasteiger partial charge < -0.3 is 25.8 Å². The Hall–Kier alpha value is -3.27. The molecule has 1 saturated heterocycles. The average Bonchev–Trinajstić information content (AvgIpc) is 2.86. The number of hydrogen-bond donors (Lipinski definition) is 3. The van der Waals surface area contributed by atoms with Crippen molar-refractivity contribution in [3.63, 3.8) is 0 Å². The van der Waals surface area contributed by atoms with Gasteiger partial charge in [-0.25, -0.2) is 4.79 Å². The van der Waals surface area contributed by atoms with Crippen molar-refractivity contribution in [1.82, 2.24) is 10.2 Å². The van der Waals surface area contributed by atoms with Gasteiger partial charge in [0.1, 0.15) is 0 Å². The van der Waals surface area contributed by atoms with Gasteiger partial charge in [0.2, 0.25) is 0 Å². The SMILES string of the molecule is CCN(CC)CCNC(=O)c1cc(NC(=O)Nc2cccc(C(F)(F)F)c2)ccc1N1CCC(C)CC1. The fourth-order valence-corrected chi connectivity index (χ4v) is 4.35. The van der Waals surface area contributed by atoms with Gasteiger partial charge in [-0.15, -0.1) is 0 Å². The molecule has 7 nitrogen and oxygen atoms in total. The van der Waals surface area contributed by atoms with Crippen molar-refractivity contribution >= 4 is 29.0 Å². The van der Waals surface area contributed by atoms with Gasteiger partial charge in [0, 0.05) is 43.2 Å². The second-order valence-electron chi connectivity index (χ2n) is 9.34. The number of carbonyl (C=O) groups excluding carboxylic acids is 2. The van der Waals surface area contributed by atoms with E-state index < -0.39 is 17.8 Å². The average molecular weight is 520 g/mol. The molecule has 2 aromatic rings. The van der Waals surface area contributed by atoms with Gasteiger partial charge in [0.05, 0.1) is 11.1 Å². The highest BCUT2D eigenvalue weighted by molar-refractivity contribution is 6.04. The monoisotopic (exact) mass is 519 g/mol. The topological polar surface area (TPSA) is 76.7 Å². The Morgan fingerprint density at radius 3 is 2.27 bits per heavy atom. The molecule has 0 unspecified atom stereocenters. The molecule has 1 aliphatic heterocycles. The minimum atomic E-state index is -4.51. The standard InChI is InChI=1S/C27H36F3N5O2/c1-4-34(5-2)16-13-31-25(36)23-18-22(9-10-24(23)35-14-11-19(3)12-15-35)33-26(37)32-21-8-6-7-20(17-21)27(28,29)30/h6-10,17-19H,4-5,11-16H2,1-3H3,(H,31,36)(H2,32,33,37). The summed E-state index contributed by atoms with van der Waals surface area (Å²) in [5, 5.41) is 8.05. The maximum absolute atomic E-state index is 13.2. The van der Waals surface area contributed by atoms with Crippen LogP contribution in [-0.4, -0.2) is 56.1 Å². The lowest BCUT2D eigenvalue weighted by Crippen LogP contribution is -2.37. The first kappa shape index (κ1) is 28.3. The molecule has 1 heterocycles. The molecule has 0 aromatic heterocycles. The van der Waals surface area contributed by atoms with E-state index in [1.54, 1.807) is 12.1 Å². The zero-order valence-corrected chi connectivity index (χ0v) is 21.6. The van der Waals surface area contributed by atoms with Crippen molar-refractivity contribution in [1.29, 1.82) is 0 Å². The summed E-state index contributed by atoms with van der Waals surface area (Å²) in [6.45, 7) is 11.0. The van der Waals surface area contributed by atoms with Crippen molar-refractivity contribution < 1.29 is 22.8 Å². The van der Waals surface area contributed by atoms with Crippen molar-refractivity contribution in [3.8, 4) is 0 Å². The van der Waals surface area contributed by atoms with Crippen LogP contribution in [0.15, 0.2) is 42.5 Å². The van der Waals surface area contributed by atoms with Crippen LogP contribution in [0.5, 0.6) is 0 Å². The number of carbonyl (C=O) groups is 2. The van der Waals surface area contributed by atoms with Gasteiger partial charge >= 0.3 is 12.2 Å². The molecule has 0 aliphatic carbocycles. The second-order valence-corrected chi connectivity index (χ2v) is 9.34. The summed E-state index contributed by atoms with van der Waals surface area (Å²) in [4.78, 5) is 30.1. The summed E-state index contributed by atoms with van der Waals surface area (Å²) >= 11 is 0. The van der Waals surface area contributed by atoms with Crippen LogP contribution >= 0.6 is 0 Å². The maximum atomic E-state index is 13.2. The molecule has 0 spiro atoms. The first-order valence-electron chi connectivity index (χ1n) is 12.8. The number of alkyl halides is 3. The number of piperidine rings is 1. The van der Waals surface area contributed by atoms with Crippen LogP contribution in [0.1, 0.15) is 49.5 Å². The minimum Gasteiger partial charge on any atom is -0.371 e. The number of benzene rings is 2. The molecule has 1 aliphatic rings. The molecule has 2 aromatic carbocycles. The van der Waals surface area contributed by atoms with Gasteiger partial charge in [-0.1, -0.05) is 26.8 Å². The summed E-state index contributed by atoms with van der Waals surface area (Å²) in [6.07, 6.45) is -2.45. The molecule has 0 radical (unpaired) electrons. The van der Waals surface area contributed by atoms with E-state index in [0.29, 0.717) is 23.7 Å². The highest BCUT2D eigenvalue weighted by atomic mass is 19.4. The molecule has 3 rings (SSSR count). The summed E-state index contributed by atoms with van der Waals surface area (Å²) in [5.41, 5.74) is 0.782. The van der Waals surface area contributed by atoms with Crippen LogP contribution in [0.4, 0.5) is 35.0 Å². The van der Waals surface area contributed by atoms with E-state index in [9.17, 15) is 22.8 Å². The first-order chi connectivity index (χ1) is 17.6. The third-order valence-corrected chi connectivity index (χ3v) is 6.68. The predicted octanol–water partition coefficient (Wildman–Crippen LogP) is 5.66. The van der Waals surface area contributed by atoms with Gasteiger partial charge in [0.25, 0.3) is 5.91 Å². The molecule has 1 fully saturated rings. The molecule has 10 heteroatoms. The number of likely N-dealkylation sites (N-methyl/N-ethyl adjacent to an activating group) is 1. The Balaban J connectivity index is 1.75. The van der Waals surface area contributed by atoms with E-state index in [0.717, 1.165) is 63.4 Å². The Kier molecular flexibility index (Phi) is 9.79. The second kappa shape index (κ2) is 12.8.